The molecule has 20 heteroatoms. The van der Waals surface area contributed by atoms with E-state index in [0.29, 0.717) is 24.1 Å². The topological polar surface area (TPSA) is 243 Å². The summed E-state index contributed by atoms with van der Waals surface area (Å²) in [5.74, 6) is 0.175. The molecule has 0 saturated carbocycles. The van der Waals surface area contributed by atoms with Crippen LogP contribution in [0.3, 0.4) is 0 Å². The second kappa shape index (κ2) is 14.3. The minimum absolute atomic E-state index is 0.0123. The van der Waals surface area contributed by atoms with Gasteiger partial charge >= 0.3 is 13.4 Å². The Bertz CT molecular complexity index is 1660. The molecule has 2 saturated heterocycles. The molecule has 0 aromatic carbocycles. The predicted octanol–water partition coefficient (Wildman–Crippen LogP) is -1.13. The van der Waals surface area contributed by atoms with E-state index in [-0.39, 0.29) is 31.0 Å². The summed E-state index contributed by atoms with van der Waals surface area (Å²) >= 11 is 0. The fraction of sp³-hybridized carbons (Fsp3) is 0.654. The van der Waals surface area contributed by atoms with Crippen LogP contribution >= 0.6 is 7.75 Å². The smallest absolute Gasteiger partial charge is 0.394 e. The molecular formula is C26H40N9O10P. The zero-order chi connectivity index (χ0) is 33.2. The Balaban J connectivity index is 1.33. The summed E-state index contributed by atoms with van der Waals surface area (Å²) in [6, 6.07) is 0. The molecule has 5 rings (SSSR count). The number of aliphatic hydroxyl groups is 2. The summed E-state index contributed by atoms with van der Waals surface area (Å²) in [6.45, 7) is 1.59. The van der Waals surface area contributed by atoms with Crippen molar-refractivity contribution in [1.29, 1.82) is 0 Å². The van der Waals surface area contributed by atoms with E-state index in [1.807, 2.05) is 19.0 Å². The number of H-pyrrole nitrogens is 1. The monoisotopic (exact) mass is 669 g/mol. The standard InChI is InChI=1S/C26H40N9O10P/c1-14-9-34(26(39)32-24(14)38)18-8-15(16(10-36)43-18)45-46(40,31-6-5-7-33(2)3)42-11-17-20(37)21(41-4)25(44-17)35-13-30-19-22(27)28-12-29-23(19)35/h9,12-13,15-18,20-21,25,36-37H,5-8,10-11H2,1-4H3,(H,31,40)(H2,27,28,29)(H,32,38,39). The number of hydrogen-bond donors (Lipinski definition) is 5. The third kappa shape index (κ3) is 7.23. The molecule has 254 valence electrons. The van der Waals surface area contributed by atoms with E-state index in [1.54, 1.807) is 4.57 Å². The molecule has 0 bridgehead atoms. The van der Waals surface area contributed by atoms with Gasteiger partial charge in [-0.05, 0) is 34.0 Å². The molecule has 3 aromatic rings. The Labute approximate surface area is 263 Å². The number of nitrogens with one attached hydrogen (secondary N) is 2. The molecule has 0 aliphatic carbocycles. The zero-order valence-corrected chi connectivity index (χ0v) is 26.8. The first-order chi connectivity index (χ1) is 21.9. The number of fused-ring (bicyclic) bond motifs is 1. The van der Waals surface area contributed by atoms with Crippen molar-refractivity contribution in [3.63, 3.8) is 0 Å². The molecule has 19 nitrogen and oxygen atoms in total. The molecule has 46 heavy (non-hydrogen) atoms. The Hall–Kier alpha value is -3.10. The SMILES string of the molecule is COC1C(O)C(COP(=O)(NCCCN(C)C)OC2CC(n3cc(C)c(=O)[nH]c3=O)OC2CO)OC1n1cnc2c(N)ncnc21. The van der Waals surface area contributed by atoms with Crippen LogP contribution in [-0.4, -0.2) is 122 Å². The first-order valence-electron chi connectivity index (χ1n) is 14.6. The van der Waals surface area contributed by atoms with E-state index in [9.17, 15) is 24.4 Å². The van der Waals surface area contributed by atoms with Gasteiger partial charge in [-0.25, -0.2) is 29.4 Å². The maximum atomic E-state index is 14.2. The first kappa shape index (κ1) is 34.2. The Kier molecular flexibility index (Phi) is 10.7. The highest BCUT2D eigenvalue weighted by Gasteiger charge is 2.48. The van der Waals surface area contributed by atoms with E-state index in [1.165, 1.54) is 37.5 Å². The van der Waals surface area contributed by atoms with Crippen LogP contribution in [0.5, 0.6) is 0 Å². The lowest BCUT2D eigenvalue weighted by Crippen LogP contribution is -2.36. The molecule has 2 aliphatic rings. The molecule has 8 unspecified atom stereocenters. The van der Waals surface area contributed by atoms with Crippen molar-refractivity contribution in [2.75, 3.05) is 53.2 Å². The quantitative estimate of drug-likeness (QED) is 0.101. The highest BCUT2D eigenvalue weighted by molar-refractivity contribution is 7.51. The number of methoxy groups -OCH3 is 1. The van der Waals surface area contributed by atoms with E-state index in [0.717, 1.165) is 0 Å². The van der Waals surface area contributed by atoms with Gasteiger partial charge in [-0.15, -0.1) is 0 Å². The van der Waals surface area contributed by atoms with Crippen LogP contribution in [0.1, 0.15) is 30.9 Å². The second-order valence-corrected chi connectivity index (χ2v) is 13.1. The summed E-state index contributed by atoms with van der Waals surface area (Å²) in [5, 5.41) is 24.0. The zero-order valence-electron chi connectivity index (χ0n) is 25.9. The van der Waals surface area contributed by atoms with Gasteiger partial charge in [0.25, 0.3) is 5.56 Å². The van der Waals surface area contributed by atoms with Crippen molar-refractivity contribution in [2.24, 2.45) is 0 Å². The van der Waals surface area contributed by atoms with Gasteiger partial charge in [0.1, 0.15) is 48.6 Å². The van der Waals surface area contributed by atoms with Gasteiger partial charge in [0.2, 0.25) is 0 Å². The van der Waals surface area contributed by atoms with E-state index >= 15 is 0 Å². The Morgan fingerprint density at radius 3 is 2.72 bits per heavy atom. The summed E-state index contributed by atoms with van der Waals surface area (Å²) < 4.78 is 46.3. The predicted molar refractivity (Wildman–Crippen MR) is 162 cm³/mol. The molecule has 3 aromatic heterocycles. The number of nitrogens with zero attached hydrogens (tertiary/aromatic N) is 6. The normalized spacial score (nSPS) is 27.9. The number of aliphatic hydroxyl groups excluding tert-OH is 2. The van der Waals surface area contributed by atoms with Crippen LogP contribution in [0.4, 0.5) is 5.82 Å². The molecule has 2 aliphatic heterocycles. The molecule has 5 heterocycles. The lowest BCUT2D eigenvalue weighted by molar-refractivity contribution is -0.0600. The Morgan fingerprint density at radius 2 is 2.00 bits per heavy atom. The van der Waals surface area contributed by atoms with Gasteiger partial charge in [0, 0.05) is 31.8 Å². The van der Waals surface area contributed by atoms with Crippen molar-refractivity contribution in [3.8, 4) is 0 Å². The number of nitrogen functional groups attached to an aromatic ring is 1. The molecule has 0 radical (unpaired) electrons. The van der Waals surface area contributed by atoms with E-state index in [2.05, 4.69) is 25.0 Å². The lowest BCUT2D eigenvalue weighted by atomic mass is 10.1. The number of aryl methyl sites for hydroxylation is 1. The number of anilines is 1. The summed E-state index contributed by atoms with van der Waals surface area (Å²) in [7, 11) is 1.07. The number of ether oxygens (including phenoxy) is 3. The van der Waals surface area contributed by atoms with E-state index < -0.39 is 68.6 Å². The molecule has 2 fully saturated rings. The summed E-state index contributed by atoms with van der Waals surface area (Å²) in [6.07, 6.45) is -2.17. The average molecular weight is 670 g/mol. The largest absolute Gasteiger partial charge is 0.405 e. The fourth-order valence-corrected chi connectivity index (χ4v) is 6.99. The maximum Gasteiger partial charge on any atom is 0.405 e. The van der Waals surface area contributed by atoms with Crippen molar-refractivity contribution < 1.29 is 38.0 Å². The summed E-state index contributed by atoms with van der Waals surface area (Å²) in [4.78, 5) is 40.9. The lowest BCUT2D eigenvalue weighted by Gasteiger charge is -2.26. The third-order valence-electron chi connectivity index (χ3n) is 7.83. The van der Waals surface area contributed by atoms with Crippen molar-refractivity contribution in [2.45, 2.75) is 62.7 Å². The van der Waals surface area contributed by atoms with Crippen LogP contribution < -0.4 is 22.1 Å². The number of rotatable bonds is 14. The van der Waals surface area contributed by atoms with Crippen LogP contribution in [-0.2, 0) is 27.8 Å². The van der Waals surface area contributed by atoms with E-state index in [4.69, 9.17) is 29.0 Å². The molecular weight excluding hydrogens is 629 g/mol. The first-order valence-corrected chi connectivity index (χ1v) is 16.2. The minimum Gasteiger partial charge on any atom is -0.394 e. The highest BCUT2D eigenvalue weighted by atomic mass is 31.2. The van der Waals surface area contributed by atoms with Crippen LogP contribution in [0.2, 0.25) is 0 Å². The number of aromatic nitrogens is 6. The van der Waals surface area contributed by atoms with Gasteiger partial charge in [-0.2, -0.15) is 0 Å². The van der Waals surface area contributed by atoms with Gasteiger partial charge in [-0.1, -0.05) is 0 Å². The Morgan fingerprint density at radius 1 is 1.22 bits per heavy atom. The van der Waals surface area contributed by atoms with Gasteiger partial charge < -0.3 is 35.1 Å². The number of nitrogens with two attached hydrogens (primary N) is 1. The molecule has 0 amide bonds. The van der Waals surface area contributed by atoms with Crippen LogP contribution in [0.25, 0.3) is 11.2 Å². The van der Waals surface area contributed by atoms with Crippen molar-refractivity contribution >= 4 is 24.7 Å². The van der Waals surface area contributed by atoms with Gasteiger partial charge in [0.05, 0.1) is 19.5 Å². The van der Waals surface area contributed by atoms with Crippen LogP contribution in [0, 0.1) is 6.92 Å². The molecule has 8 atom stereocenters. The number of imidazole rings is 1. The molecule has 6 N–H and O–H groups in total. The van der Waals surface area contributed by atoms with Gasteiger partial charge in [0.15, 0.2) is 17.7 Å². The minimum atomic E-state index is -4.15. The number of hydrogen-bond acceptors (Lipinski definition) is 15. The van der Waals surface area contributed by atoms with Crippen molar-refractivity contribution in [3.05, 3.63) is 45.3 Å². The third-order valence-corrected chi connectivity index (χ3v) is 9.48. The second-order valence-electron chi connectivity index (χ2n) is 11.4. The average Bonchev–Trinajstić information content (AvgIpc) is 3.71. The van der Waals surface area contributed by atoms with Crippen LogP contribution in [0.15, 0.2) is 28.4 Å². The maximum absolute atomic E-state index is 14.2. The van der Waals surface area contributed by atoms with Crippen molar-refractivity contribution in [1.82, 2.24) is 39.1 Å². The highest BCUT2D eigenvalue weighted by Crippen LogP contribution is 2.49. The molecule has 0 spiro atoms. The fourth-order valence-electron chi connectivity index (χ4n) is 5.41. The van der Waals surface area contributed by atoms with Gasteiger partial charge in [-0.3, -0.25) is 28.0 Å². The summed E-state index contributed by atoms with van der Waals surface area (Å²) in [5.41, 5.74) is 5.70. The number of aromatic amines is 1.